The number of aromatic nitrogens is 4. The normalized spacial score (nSPS) is 19.1. The molecule has 0 amide bonds. The predicted molar refractivity (Wildman–Crippen MR) is 81.2 cm³/mol. The maximum absolute atomic E-state index is 4.66. The molecule has 110 valence electrons. The molecule has 0 aromatic carbocycles. The summed E-state index contributed by atoms with van der Waals surface area (Å²) in [4.78, 5) is 19.4. The summed E-state index contributed by atoms with van der Waals surface area (Å²) >= 11 is 0. The van der Waals surface area contributed by atoms with Gasteiger partial charge in [-0.1, -0.05) is 0 Å². The minimum Gasteiger partial charge on any atom is -0.322 e. The quantitative estimate of drug-likeness (QED) is 0.930. The molecule has 0 aliphatic carbocycles. The van der Waals surface area contributed by atoms with Crippen LogP contribution in [0.3, 0.4) is 0 Å². The van der Waals surface area contributed by atoms with Gasteiger partial charge in [0.2, 0.25) is 5.95 Å². The third-order valence-corrected chi connectivity index (χ3v) is 3.79. The molecule has 2 aromatic rings. The lowest BCUT2D eigenvalue weighted by atomic mass is 10.1. The number of hydrogen-bond acceptors (Lipinski definition) is 6. The fraction of sp³-hybridized carbons (Fsp3) is 0.467. The Morgan fingerprint density at radius 2 is 2.10 bits per heavy atom. The van der Waals surface area contributed by atoms with Gasteiger partial charge in [-0.2, -0.15) is 0 Å². The third-order valence-electron chi connectivity index (χ3n) is 3.79. The van der Waals surface area contributed by atoms with Gasteiger partial charge in [-0.25, -0.2) is 19.9 Å². The highest BCUT2D eigenvalue weighted by atomic mass is 15.2. The SMILES string of the molecule is CC(C)N1CCC[C@@H]1c1ccnc(Nc2cncnc2)n1. The van der Waals surface area contributed by atoms with Gasteiger partial charge in [0.05, 0.1) is 29.8 Å². The van der Waals surface area contributed by atoms with E-state index in [1.807, 2.05) is 12.3 Å². The van der Waals surface area contributed by atoms with E-state index in [1.165, 1.54) is 12.7 Å². The first-order valence-electron chi connectivity index (χ1n) is 7.35. The summed E-state index contributed by atoms with van der Waals surface area (Å²) in [7, 11) is 0. The zero-order valence-electron chi connectivity index (χ0n) is 12.4. The third kappa shape index (κ3) is 3.16. The van der Waals surface area contributed by atoms with Crippen molar-refractivity contribution < 1.29 is 0 Å². The van der Waals surface area contributed by atoms with Gasteiger partial charge in [0.15, 0.2) is 0 Å². The Morgan fingerprint density at radius 1 is 1.29 bits per heavy atom. The van der Waals surface area contributed by atoms with E-state index in [-0.39, 0.29) is 0 Å². The first-order chi connectivity index (χ1) is 10.2. The largest absolute Gasteiger partial charge is 0.322 e. The monoisotopic (exact) mass is 284 g/mol. The van der Waals surface area contributed by atoms with Crippen LogP contribution >= 0.6 is 0 Å². The van der Waals surface area contributed by atoms with Crippen molar-refractivity contribution in [3.05, 3.63) is 36.7 Å². The second-order valence-corrected chi connectivity index (χ2v) is 5.55. The summed E-state index contributed by atoms with van der Waals surface area (Å²) in [5.41, 5.74) is 1.87. The maximum Gasteiger partial charge on any atom is 0.227 e. The van der Waals surface area contributed by atoms with Crippen LogP contribution in [0.25, 0.3) is 0 Å². The number of nitrogens with one attached hydrogen (secondary N) is 1. The standard InChI is InChI=1S/C15H20N6/c1-11(2)21-7-3-4-14(21)13-5-6-18-15(20-13)19-12-8-16-10-17-9-12/h5-6,8-11,14H,3-4,7H2,1-2H3,(H,18,19,20)/t14-/m1/s1. The molecule has 2 aromatic heterocycles. The molecule has 1 atom stereocenters. The van der Waals surface area contributed by atoms with Gasteiger partial charge < -0.3 is 5.32 Å². The Kier molecular flexibility index (Phi) is 4.06. The Bertz CT molecular complexity index is 586. The van der Waals surface area contributed by atoms with Crippen LogP contribution in [-0.4, -0.2) is 37.4 Å². The van der Waals surface area contributed by atoms with Crippen LogP contribution in [-0.2, 0) is 0 Å². The average molecular weight is 284 g/mol. The van der Waals surface area contributed by atoms with Crippen molar-refractivity contribution in [3.8, 4) is 0 Å². The molecule has 1 N–H and O–H groups in total. The molecule has 6 heteroatoms. The fourth-order valence-corrected chi connectivity index (χ4v) is 2.84. The van der Waals surface area contributed by atoms with Crippen molar-refractivity contribution in [1.29, 1.82) is 0 Å². The van der Waals surface area contributed by atoms with Gasteiger partial charge in [-0.3, -0.25) is 4.90 Å². The second kappa shape index (κ2) is 6.13. The molecule has 1 saturated heterocycles. The summed E-state index contributed by atoms with van der Waals surface area (Å²) in [5.74, 6) is 0.595. The molecule has 1 aliphatic heterocycles. The van der Waals surface area contributed by atoms with Crippen molar-refractivity contribution >= 4 is 11.6 Å². The molecule has 1 aliphatic rings. The number of hydrogen-bond donors (Lipinski definition) is 1. The van der Waals surface area contributed by atoms with E-state index in [0.717, 1.165) is 24.3 Å². The smallest absolute Gasteiger partial charge is 0.227 e. The molecule has 3 rings (SSSR count). The molecule has 0 radical (unpaired) electrons. The average Bonchev–Trinajstić information content (AvgIpc) is 2.98. The zero-order valence-corrected chi connectivity index (χ0v) is 12.4. The molecule has 3 heterocycles. The molecule has 1 fully saturated rings. The van der Waals surface area contributed by atoms with Gasteiger partial charge in [-0.05, 0) is 39.3 Å². The molecule has 0 bridgehead atoms. The van der Waals surface area contributed by atoms with E-state index in [1.54, 1.807) is 12.4 Å². The van der Waals surface area contributed by atoms with Crippen LogP contribution < -0.4 is 5.32 Å². The van der Waals surface area contributed by atoms with Gasteiger partial charge in [-0.15, -0.1) is 0 Å². The number of anilines is 2. The minimum absolute atomic E-state index is 0.389. The Morgan fingerprint density at radius 3 is 2.86 bits per heavy atom. The van der Waals surface area contributed by atoms with Gasteiger partial charge >= 0.3 is 0 Å². The van der Waals surface area contributed by atoms with E-state index in [9.17, 15) is 0 Å². The Hall–Kier alpha value is -2.08. The lowest BCUT2D eigenvalue weighted by Gasteiger charge is -2.27. The van der Waals surface area contributed by atoms with Gasteiger partial charge in [0, 0.05) is 12.2 Å². The molecule has 0 spiro atoms. The molecule has 21 heavy (non-hydrogen) atoms. The van der Waals surface area contributed by atoms with E-state index in [0.29, 0.717) is 18.0 Å². The zero-order chi connectivity index (χ0) is 14.7. The summed E-state index contributed by atoms with van der Waals surface area (Å²) in [5, 5.41) is 3.15. The molecule has 6 nitrogen and oxygen atoms in total. The van der Waals surface area contributed by atoms with Crippen LogP contribution in [0.5, 0.6) is 0 Å². The van der Waals surface area contributed by atoms with Crippen LogP contribution in [0.2, 0.25) is 0 Å². The van der Waals surface area contributed by atoms with E-state index >= 15 is 0 Å². The van der Waals surface area contributed by atoms with Crippen LogP contribution in [0.15, 0.2) is 31.0 Å². The van der Waals surface area contributed by atoms with E-state index in [2.05, 4.69) is 44.0 Å². The van der Waals surface area contributed by atoms with Crippen LogP contribution in [0.1, 0.15) is 38.4 Å². The number of rotatable bonds is 4. The summed E-state index contributed by atoms with van der Waals surface area (Å²) in [6.07, 6.45) is 9.11. The highest BCUT2D eigenvalue weighted by Gasteiger charge is 2.28. The van der Waals surface area contributed by atoms with Crippen LogP contribution in [0, 0.1) is 0 Å². The topological polar surface area (TPSA) is 66.8 Å². The van der Waals surface area contributed by atoms with E-state index in [4.69, 9.17) is 0 Å². The summed E-state index contributed by atoms with van der Waals surface area (Å²) < 4.78 is 0. The summed E-state index contributed by atoms with van der Waals surface area (Å²) in [6.45, 7) is 5.61. The van der Waals surface area contributed by atoms with Crippen molar-refractivity contribution in [2.75, 3.05) is 11.9 Å². The van der Waals surface area contributed by atoms with Crippen molar-refractivity contribution in [1.82, 2.24) is 24.8 Å². The maximum atomic E-state index is 4.66. The lowest BCUT2D eigenvalue weighted by molar-refractivity contribution is 0.202. The van der Waals surface area contributed by atoms with Gasteiger partial charge in [0.1, 0.15) is 6.33 Å². The first-order valence-corrected chi connectivity index (χ1v) is 7.35. The molecule has 0 unspecified atom stereocenters. The fourth-order valence-electron chi connectivity index (χ4n) is 2.84. The molecule has 0 saturated carbocycles. The number of likely N-dealkylation sites (tertiary alicyclic amines) is 1. The van der Waals surface area contributed by atoms with Crippen molar-refractivity contribution in [2.45, 2.75) is 38.8 Å². The highest BCUT2D eigenvalue weighted by Crippen LogP contribution is 2.32. The van der Waals surface area contributed by atoms with Crippen LogP contribution in [0.4, 0.5) is 11.6 Å². The van der Waals surface area contributed by atoms with Gasteiger partial charge in [0.25, 0.3) is 0 Å². The highest BCUT2D eigenvalue weighted by molar-refractivity contribution is 5.49. The van der Waals surface area contributed by atoms with Crippen molar-refractivity contribution in [2.24, 2.45) is 0 Å². The predicted octanol–water partition coefficient (Wildman–Crippen LogP) is 2.56. The molecular formula is C15H20N6. The number of nitrogens with zero attached hydrogens (tertiary/aromatic N) is 5. The Labute approximate surface area is 124 Å². The summed E-state index contributed by atoms with van der Waals surface area (Å²) in [6, 6.07) is 2.94. The molecular weight excluding hydrogens is 264 g/mol. The second-order valence-electron chi connectivity index (χ2n) is 5.55. The van der Waals surface area contributed by atoms with Crippen molar-refractivity contribution in [3.63, 3.8) is 0 Å². The Balaban J connectivity index is 1.80. The first kappa shape index (κ1) is 13.9. The minimum atomic E-state index is 0.389. The lowest BCUT2D eigenvalue weighted by Crippen LogP contribution is -2.30. The van der Waals surface area contributed by atoms with E-state index < -0.39 is 0 Å².